The van der Waals surface area contributed by atoms with Gasteiger partial charge in [0, 0.05) is 0 Å². The van der Waals surface area contributed by atoms with E-state index in [1.54, 1.807) is 24.3 Å². The van der Waals surface area contributed by atoms with E-state index in [4.69, 9.17) is 13.7 Å². The van der Waals surface area contributed by atoms with Crippen molar-refractivity contribution in [1.82, 2.24) is 0 Å². The predicted molar refractivity (Wildman–Crippen MR) is 77.8 cm³/mol. The minimum Gasteiger partial charge on any atom is -0.304 e. The Morgan fingerprint density at radius 2 is 1.24 bits per heavy atom. The molecule has 1 heterocycles. The van der Waals surface area contributed by atoms with Crippen molar-refractivity contribution in [3.8, 4) is 0 Å². The van der Waals surface area contributed by atoms with E-state index in [9.17, 15) is 9.59 Å². The summed E-state index contributed by atoms with van der Waals surface area (Å²) in [5, 5.41) is 0. The SMILES string of the molecule is O=C1c2ccccc2C(=O)N1c1ccc(S(O)(O)O)cc1. The molecular weight excluding hydrogens is 294 g/mol. The van der Waals surface area contributed by atoms with Crippen LogP contribution in [0.15, 0.2) is 53.4 Å². The number of rotatable bonds is 2. The fourth-order valence-corrected chi connectivity index (χ4v) is 2.70. The van der Waals surface area contributed by atoms with Gasteiger partial charge >= 0.3 is 0 Å². The molecule has 0 atom stereocenters. The number of hydrogen-bond donors (Lipinski definition) is 3. The first-order valence-corrected chi connectivity index (χ1v) is 7.48. The third-order valence-electron chi connectivity index (χ3n) is 3.21. The van der Waals surface area contributed by atoms with Crippen molar-refractivity contribution in [3.63, 3.8) is 0 Å². The molecule has 108 valence electrons. The Morgan fingerprint density at radius 3 is 1.67 bits per heavy atom. The van der Waals surface area contributed by atoms with Gasteiger partial charge in [0.05, 0.1) is 21.7 Å². The number of benzene rings is 2. The molecule has 3 rings (SSSR count). The van der Waals surface area contributed by atoms with Gasteiger partial charge in [-0.15, -0.1) is 0 Å². The van der Waals surface area contributed by atoms with Crippen LogP contribution in [-0.4, -0.2) is 25.5 Å². The lowest BCUT2D eigenvalue weighted by Gasteiger charge is -2.20. The standard InChI is InChI=1S/C14H11NO5S/c16-13-11-3-1-2-4-12(11)14(17)15(13)9-5-7-10(8-6-9)21(18,19)20/h1-8,18-20H. The second kappa shape index (κ2) is 4.68. The quantitative estimate of drug-likeness (QED) is 0.741. The molecule has 2 aromatic rings. The topological polar surface area (TPSA) is 98.1 Å². The maximum absolute atomic E-state index is 12.3. The van der Waals surface area contributed by atoms with Crippen LogP contribution in [0.3, 0.4) is 0 Å². The van der Waals surface area contributed by atoms with E-state index in [-0.39, 0.29) is 4.90 Å². The second-order valence-corrected chi connectivity index (χ2v) is 6.01. The van der Waals surface area contributed by atoms with Crippen LogP contribution in [0.5, 0.6) is 0 Å². The summed E-state index contributed by atoms with van der Waals surface area (Å²) >= 11 is 0. The molecule has 7 heteroatoms. The third-order valence-corrected chi connectivity index (χ3v) is 4.11. The maximum Gasteiger partial charge on any atom is 0.266 e. The molecule has 21 heavy (non-hydrogen) atoms. The van der Waals surface area contributed by atoms with Gasteiger partial charge < -0.3 is 13.7 Å². The molecule has 6 nitrogen and oxygen atoms in total. The molecule has 1 aliphatic heterocycles. The number of carbonyl (C=O) groups is 2. The highest BCUT2D eigenvalue weighted by atomic mass is 32.3. The molecule has 2 amide bonds. The number of hydrogen-bond acceptors (Lipinski definition) is 5. The van der Waals surface area contributed by atoms with E-state index in [1.807, 2.05) is 0 Å². The monoisotopic (exact) mass is 305 g/mol. The van der Waals surface area contributed by atoms with Crippen molar-refractivity contribution in [2.75, 3.05) is 4.90 Å². The lowest BCUT2D eigenvalue weighted by Crippen LogP contribution is -2.29. The molecule has 2 aromatic carbocycles. The third kappa shape index (κ3) is 2.22. The van der Waals surface area contributed by atoms with Crippen LogP contribution in [-0.2, 0) is 0 Å². The molecule has 0 fully saturated rings. The van der Waals surface area contributed by atoms with Crippen LogP contribution >= 0.6 is 10.9 Å². The molecule has 3 N–H and O–H groups in total. The molecule has 0 saturated carbocycles. The van der Waals surface area contributed by atoms with Crippen molar-refractivity contribution in [1.29, 1.82) is 0 Å². The van der Waals surface area contributed by atoms with Crippen LogP contribution in [0, 0.1) is 0 Å². The highest BCUT2D eigenvalue weighted by Gasteiger charge is 2.36. The van der Waals surface area contributed by atoms with Gasteiger partial charge in [-0.1, -0.05) is 12.1 Å². The predicted octanol–water partition coefficient (Wildman–Crippen LogP) is 3.07. The van der Waals surface area contributed by atoms with Crippen molar-refractivity contribution in [3.05, 3.63) is 59.7 Å². The summed E-state index contributed by atoms with van der Waals surface area (Å²) in [4.78, 5) is 25.4. The van der Waals surface area contributed by atoms with E-state index in [2.05, 4.69) is 0 Å². The first kappa shape index (κ1) is 13.8. The van der Waals surface area contributed by atoms with Crippen LogP contribution in [0.2, 0.25) is 0 Å². The highest BCUT2D eigenvalue weighted by molar-refractivity contribution is 8.19. The van der Waals surface area contributed by atoms with Crippen molar-refractivity contribution < 1.29 is 23.2 Å². The van der Waals surface area contributed by atoms with Gasteiger partial charge in [0.25, 0.3) is 11.8 Å². The van der Waals surface area contributed by atoms with Gasteiger partial charge in [-0.2, -0.15) is 0 Å². The van der Waals surface area contributed by atoms with Gasteiger partial charge in [-0.05, 0) is 36.4 Å². The summed E-state index contributed by atoms with van der Waals surface area (Å²) in [5.74, 6) is -0.863. The minimum absolute atomic E-state index is 0.0807. The zero-order chi connectivity index (χ0) is 15.2. The number of anilines is 1. The molecule has 0 aromatic heterocycles. The second-order valence-electron chi connectivity index (χ2n) is 4.50. The van der Waals surface area contributed by atoms with Gasteiger partial charge in [0.15, 0.2) is 0 Å². The Bertz CT molecular complexity index is 701. The largest absolute Gasteiger partial charge is 0.304 e. The molecular formula is C14H11NO5S. The van der Waals surface area contributed by atoms with E-state index < -0.39 is 22.7 Å². The summed E-state index contributed by atoms with van der Waals surface area (Å²) < 4.78 is 27.4. The Balaban J connectivity index is 2.00. The van der Waals surface area contributed by atoms with Crippen LogP contribution in [0.4, 0.5) is 5.69 Å². The Hall–Kier alpha value is -2.19. The van der Waals surface area contributed by atoms with Gasteiger partial charge in [0.2, 0.25) is 0 Å². The van der Waals surface area contributed by atoms with Crippen LogP contribution in [0.1, 0.15) is 20.7 Å². The average molecular weight is 305 g/mol. The van der Waals surface area contributed by atoms with Gasteiger partial charge in [-0.25, -0.2) is 4.90 Å². The zero-order valence-corrected chi connectivity index (χ0v) is 11.4. The van der Waals surface area contributed by atoms with Crippen LogP contribution in [0.25, 0.3) is 0 Å². The summed E-state index contributed by atoms with van der Waals surface area (Å²) in [6, 6.07) is 11.8. The van der Waals surface area contributed by atoms with Crippen molar-refractivity contribution >= 4 is 28.4 Å². The molecule has 0 aliphatic carbocycles. The van der Waals surface area contributed by atoms with E-state index in [1.165, 1.54) is 24.3 Å². The molecule has 0 spiro atoms. The van der Waals surface area contributed by atoms with Gasteiger partial charge in [-0.3, -0.25) is 9.59 Å². The fraction of sp³-hybridized carbons (Fsp3) is 0. The van der Waals surface area contributed by atoms with E-state index >= 15 is 0 Å². The summed E-state index contributed by atoms with van der Waals surface area (Å²) in [5.41, 5.74) is 0.963. The molecule has 0 bridgehead atoms. The molecule has 0 saturated heterocycles. The van der Waals surface area contributed by atoms with Crippen LogP contribution < -0.4 is 4.90 Å². The van der Waals surface area contributed by atoms with Crippen molar-refractivity contribution in [2.24, 2.45) is 0 Å². The number of imide groups is 1. The van der Waals surface area contributed by atoms with E-state index in [0.29, 0.717) is 16.8 Å². The number of carbonyl (C=O) groups excluding carboxylic acids is 2. The number of amides is 2. The van der Waals surface area contributed by atoms with E-state index in [0.717, 1.165) is 4.90 Å². The maximum atomic E-state index is 12.3. The molecule has 1 aliphatic rings. The Labute approximate surface area is 121 Å². The smallest absolute Gasteiger partial charge is 0.266 e. The summed E-state index contributed by atoms with van der Waals surface area (Å²) in [6.45, 7) is 0. The number of nitrogens with zero attached hydrogens (tertiary/aromatic N) is 1. The summed E-state index contributed by atoms with van der Waals surface area (Å²) in [7, 11) is -3.81. The lowest BCUT2D eigenvalue weighted by molar-refractivity contribution is 0.0926. The normalized spacial score (nSPS) is 15.3. The van der Waals surface area contributed by atoms with Crippen molar-refractivity contribution in [2.45, 2.75) is 4.90 Å². The molecule has 0 radical (unpaired) electrons. The molecule has 0 unspecified atom stereocenters. The highest BCUT2D eigenvalue weighted by Crippen LogP contribution is 2.44. The van der Waals surface area contributed by atoms with Gasteiger partial charge in [0.1, 0.15) is 10.9 Å². The average Bonchev–Trinajstić information content (AvgIpc) is 2.71. The zero-order valence-electron chi connectivity index (χ0n) is 10.6. The summed E-state index contributed by atoms with van der Waals surface area (Å²) in [6.07, 6.45) is 0. The first-order valence-electron chi connectivity index (χ1n) is 5.98. The Kier molecular flexibility index (Phi) is 3.07. The first-order chi connectivity index (χ1) is 9.89. The Morgan fingerprint density at radius 1 is 0.762 bits per heavy atom. The fourth-order valence-electron chi connectivity index (χ4n) is 2.20. The minimum atomic E-state index is -3.81. The number of fused-ring (bicyclic) bond motifs is 1. The lowest BCUT2D eigenvalue weighted by atomic mass is 10.1.